The van der Waals surface area contributed by atoms with Crippen LogP contribution in [-0.4, -0.2) is 48.3 Å². The average Bonchev–Trinajstić information content (AvgIpc) is 3.58. The number of rotatable bonds is 9. The number of imidazole rings is 1. The number of amides is 2. The van der Waals surface area contributed by atoms with Crippen LogP contribution >= 0.6 is 11.8 Å². The van der Waals surface area contributed by atoms with Gasteiger partial charge in [0.25, 0.3) is 5.91 Å². The molecule has 5 rings (SSSR count). The van der Waals surface area contributed by atoms with Crippen molar-refractivity contribution < 1.29 is 14.3 Å². The van der Waals surface area contributed by atoms with E-state index in [1.807, 2.05) is 19.9 Å². The summed E-state index contributed by atoms with van der Waals surface area (Å²) in [6.07, 6.45) is 4.72. The first kappa shape index (κ1) is 28.0. The van der Waals surface area contributed by atoms with Crippen molar-refractivity contribution in [3.63, 3.8) is 0 Å². The Hall–Kier alpha value is -4.51. The van der Waals surface area contributed by atoms with Crippen molar-refractivity contribution in [3.05, 3.63) is 83.4 Å². The van der Waals surface area contributed by atoms with E-state index in [0.717, 1.165) is 34.8 Å². The molecule has 0 atom stereocenters. The van der Waals surface area contributed by atoms with Gasteiger partial charge < -0.3 is 19.9 Å². The third-order valence-electron chi connectivity index (χ3n) is 6.69. The first-order valence-electron chi connectivity index (χ1n) is 13.4. The highest BCUT2D eigenvalue weighted by Gasteiger charge is 2.22. The molecular weight excluding hydrogens is 538 g/mol. The molecule has 2 amide bonds. The van der Waals surface area contributed by atoms with Crippen LogP contribution < -0.4 is 10.1 Å². The molecule has 2 aromatic heterocycles. The zero-order chi connectivity index (χ0) is 28.9. The molecule has 0 aliphatic carbocycles. The molecule has 0 spiro atoms. The highest BCUT2D eigenvalue weighted by atomic mass is 32.2. The topological polar surface area (TPSA) is 148 Å². The highest BCUT2D eigenvalue weighted by molar-refractivity contribution is 8.26. The average molecular weight is 570 g/mol. The Labute approximate surface area is 241 Å². The van der Waals surface area contributed by atoms with E-state index in [2.05, 4.69) is 20.3 Å². The molecule has 1 fully saturated rings. The number of hydrogen-bond acceptors (Lipinski definition) is 8. The molecule has 4 aromatic rings. The molecular formula is C30H31N7O3S. The summed E-state index contributed by atoms with van der Waals surface area (Å²) < 4.78 is 6.24. The van der Waals surface area contributed by atoms with Gasteiger partial charge in [0.1, 0.15) is 22.4 Å². The fourth-order valence-electron chi connectivity index (χ4n) is 4.35. The second kappa shape index (κ2) is 12.3. The molecule has 0 unspecified atom stereocenters. The summed E-state index contributed by atoms with van der Waals surface area (Å²) in [5, 5.41) is 20.0. The number of ether oxygens (including phenoxy) is 1. The quantitative estimate of drug-likeness (QED) is 0.155. The lowest BCUT2D eigenvalue weighted by molar-refractivity contribution is -0.128. The van der Waals surface area contributed by atoms with Crippen molar-refractivity contribution in [1.29, 1.82) is 10.8 Å². The normalized spacial score (nSPS) is 13.1. The van der Waals surface area contributed by atoms with Crippen molar-refractivity contribution in [2.45, 2.75) is 39.8 Å². The molecule has 210 valence electrons. The van der Waals surface area contributed by atoms with Gasteiger partial charge in [-0.15, -0.1) is 0 Å². The Bertz CT molecular complexity index is 1580. The number of nitrogens with one attached hydrogen (secondary N) is 4. The number of fused-ring (bicyclic) bond motifs is 1. The van der Waals surface area contributed by atoms with Gasteiger partial charge >= 0.3 is 0 Å². The van der Waals surface area contributed by atoms with Gasteiger partial charge in [-0.05, 0) is 48.9 Å². The molecule has 3 heterocycles. The molecule has 4 N–H and O–H groups in total. The Kier molecular flexibility index (Phi) is 8.44. The van der Waals surface area contributed by atoms with Crippen LogP contribution in [0, 0.1) is 16.7 Å². The van der Waals surface area contributed by atoms with E-state index in [-0.39, 0.29) is 24.3 Å². The van der Waals surface area contributed by atoms with Crippen molar-refractivity contribution in [1.82, 2.24) is 25.2 Å². The van der Waals surface area contributed by atoms with Crippen molar-refractivity contribution in [3.8, 4) is 11.5 Å². The van der Waals surface area contributed by atoms with E-state index < -0.39 is 0 Å². The number of likely N-dealkylation sites (tertiary alicyclic amines) is 1. The molecule has 10 nitrogen and oxygen atoms in total. The molecule has 11 heteroatoms. The van der Waals surface area contributed by atoms with Gasteiger partial charge in [-0.1, -0.05) is 31.7 Å². The van der Waals surface area contributed by atoms with Gasteiger partial charge in [-0.2, -0.15) is 0 Å². The molecule has 0 bridgehead atoms. The number of H-pyrrole nitrogens is 1. The Balaban J connectivity index is 1.33. The Morgan fingerprint density at radius 2 is 1.93 bits per heavy atom. The summed E-state index contributed by atoms with van der Waals surface area (Å²) in [5.41, 5.74) is 3.46. The Morgan fingerprint density at radius 1 is 1.15 bits per heavy atom. The number of hydrogen-bond donors (Lipinski definition) is 4. The molecule has 1 aliphatic rings. The second-order valence-electron chi connectivity index (χ2n) is 10.1. The maximum atomic E-state index is 13.1. The SMILES string of the molecule is CC(C)C(=N)SC(=N)c1ccc(Oc2cc(C(=O)NCc3nc4ccncc4[nH]3)ccc2CN2CCCC2=O)cc1. The first-order chi connectivity index (χ1) is 19.8. The van der Waals surface area contributed by atoms with Crippen molar-refractivity contribution >= 4 is 44.7 Å². The summed E-state index contributed by atoms with van der Waals surface area (Å²) in [6, 6.07) is 14.1. The van der Waals surface area contributed by atoms with Gasteiger partial charge in [0.05, 0.1) is 28.8 Å². The van der Waals surface area contributed by atoms with Gasteiger partial charge in [0.2, 0.25) is 5.91 Å². The van der Waals surface area contributed by atoms with Crippen molar-refractivity contribution in [2.75, 3.05) is 6.54 Å². The third-order valence-corrected chi connectivity index (χ3v) is 7.82. The number of carbonyl (C=O) groups is 2. The van der Waals surface area contributed by atoms with Crippen LogP contribution in [-0.2, 0) is 17.9 Å². The fourth-order valence-corrected chi connectivity index (χ4v) is 5.06. The lowest BCUT2D eigenvalue weighted by Crippen LogP contribution is -2.25. The number of benzene rings is 2. The maximum Gasteiger partial charge on any atom is 0.251 e. The summed E-state index contributed by atoms with van der Waals surface area (Å²) in [5.74, 6) is 1.51. The smallest absolute Gasteiger partial charge is 0.251 e. The van der Waals surface area contributed by atoms with E-state index in [4.69, 9.17) is 15.6 Å². The minimum atomic E-state index is -0.286. The van der Waals surface area contributed by atoms with Crippen LogP contribution in [0.1, 0.15) is 54.0 Å². The van der Waals surface area contributed by atoms with Gasteiger partial charge in [0.15, 0.2) is 0 Å². The molecule has 0 radical (unpaired) electrons. The largest absolute Gasteiger partial charge is 0.457 e. The predicted octanol–water partition coefficient (Wildman–Crippen LogP) is 5.49. The Morgan fingerprint density at radius 3 is 2.63 bits per heavy atom. The number of thioether (sulfide) groups is 1. The zero-order valence-corrected chi connectivity index (χ0v) is 23.7. The lowest BCUT2D eigenvalue weighted by atomic mass is 10.1. The van der Waals surface area contributed by atoms with Crippen LogP contribution in [0.5, 0.6) is 11.5 Å². The first-order valence-corrected chi connectivity index (χ1v) is 14.2. The van der Waals surface area contributed by atoms with Crippen molar-refractivity contribution in [2.24, 2.45) is 5.92 Å². The minimum Gasteiger partial charge on any atom is -0.457 e. The molecule has 0 saturated carbocycles. The minimum absolute atomic E-state index is 0.0596. The van der Waals surface area contributed by atoms with E-state index in [9.17, 15) is 9.59 Å². The molecule has 1 saturated heterocycles. The van der Waals surface area contributed by atoms with Crippen LogP contribution in [0.15, 0.2) is 60.9 Å². The summed E-state index contributed by atoms with van der Waals surface area (Å²) >= 11 is 1.13. The summed E-state index contributed by atoms with van der Waals surface area (Å²) in [6.45, 7) is 5.15. The zero-order valence-electron chi connectivity index (χ0n) is 22.9. The molecule has 2 aromatic carbocycles. The summed E-state index contributed by atoms with van der Waals surface area (Å²) in [4.78, 5) is 38.9. The van der Waals surface area contributed by atoms with E-state index in [1.54, 1.807) is 59.8 Å². The lowest BCUT2D eigenvalue weighted by Gasteiger charge is -2.19. The van der Waals surface area contributed by atoms with E-state index >= 15 is 0 Å². The van der Waals surface area contributed by atoms with Crippen LogP contribution in [0.25, 0.3) is 11.0 Å². The van der Waals surface area contributed by atoms with E-state index in [1.165, 1.54) is 0 Å². The number of aromatic amines is 1. The number of aromatic nitrogens is 3. The van der Waals surface area contributed by atoms with Crippen LogP contribution in [0.4, 0.5) is 0 Å². The standard InChI is InChI=1S/C30H31N7O3S/c1-18(2)28(31)41-29(32)19-7-9-22(10-8-19)40-25-14-20(5-6-21(25)17-37-13-3-4-27(37)38)30(39)34-16-26-35-23-11-12-33-15-24(23)36-26/h5-12,14-15,18,31-32H,3-4,13,16-17H2,1-2H3,(H,34,39)(H,35,36). The second-order valence-corrected chi connectivity index (χ2v) is 11.1. The fraction of sp³-hybridized carbons (Fsp3) is 0.267. The van der Waals surface area contributed by atoms with E-state index in [0.29, 0.717) is 58.0 Å². The van der Waals surface area contributed by atoms with Gasteiger partial charge in [-0.3, -0.25) is 25.4 Å². The third kappa shape index (κ3) is 6.80. The molecule has 1 aliphatic heterocycles. The predicted molar refractivity (Wildman–Crippen MR) is 160 cm³/mol. The van der Waals surface area contributed by atoms with Gasteiger partial charge in [-0.25, -0.2) is 4.98 Å². The highest BCUT2D eigenvalue weighted by Crippen LogP contribution is 2.30. The van der Waals surface area contributed by atoms with Crippen LogP contribution in [0.2, 0.25) is 0 Å². The number of pyridine rings is 1. The molecule has 41 heavy (non-hydrogen) atoms. The van der Waals surface area contributed by atoms with Crippen LogP contribution in [0.3, 0.4) is 0 Å². The van der Waals surface area contributed by atoms with Gasteiger partial charge in [0, 0.05) is 48.3 Å². The summed E-state index contributed by atoms with van der Waals surface area (Å²) in [7, 11) is 0. The monoisotopic (exact) mass is 569 g/mol. The number of carbonyl (C=O) groups excluding carboxylic acids is 2. The number of nitrogens with zero attached hydrogens (tertiary/aromatic N) is 3. The maximum absolute atomic E-state index is 13.1.